The Morgan fingerprint density at radius 1 is 1.17 bits per heavy atom. The maximum Gasteiger partial charge on any atom is 0.267 e. The molecule has 0 saturated carbocycles. The highest BCUT2D eigenvalue weighted by Gasteiger charge is 2.23. The molecule has 0 spiro atoms. The summed E-state index contributed by atoms with van der Waals surface area (Å²) < 4.78 is 3.86. The van der Waals surface area contributed by atoms with Crippen molar-refractivity contribution in [2.24, 2.45) is 0 Å². The van der Waals surface area contributed by atoms with E-state index in [0.717, 1.165) is 27.6 Å². The van der Waals surface area contributed by atoms with Gasteiger partial charge in [-0.2, -0.15) is 0 Å². The third-order valence-electron chi connectivity index (χ3n) is 3.44. The Balaban J connectivity index is 1.77. The van der Waals surface area contributed by atoms with Crippen molar-refractivity contribution in [2.45, 2.75) is 33.1 Å². The number of hydrogen-bond acceptors (Lipinski definition) is 6. The van der Waals surface area contributed by atoms with Crippen molar-refractivity contribution >= 4 is 34.5 Å². The third-order valence-corrected chi connectivity index (χ3v) is 5.53. The second kappa shape index (κ2) is 6.41. The summed E-state index contributed by atoms with van der Waals surface area (Å²) in [5, 5.41) is 9.83. The van der Waals surface area contributed by atoms with Crippen LogP contribution in [0.15, 0.2) is 29.6 Å². The Kier molecular flexibility index (Phi) is 4.47. The number of benzene rings is 1. The standard InChI is InChI=1S/C17H18N4OS2/c1-10-14(24-16(18-10)17(2,3)4)15(22)19-12-7-5-11(6-8-12)13-9-23-21-20-13/h5-9H,1-4H3,(H,19,22). The second-order valence-electron chi connectivity index (χ2n) is 6.51. The molecule has 7 heteroatoms. The van der Waals surface area contributed by atoms with Crippen LogP contribution in [0.2, 0.25) is 0 Å². The zero-order valence-electron chi connectivity index (χ0n) is 14.0. The first-order chi connectivity index (χ1) is 11.3. The number of anilines is 1. The molecule has 0 saturated heterocycles. The molecule has 0 fully saturated rings. The van der Waals surface area contributed by atoms with Crippen LogP contribution in [0.1, 0.15) is 41.1 Å². The molecule has 3 rings (SSSR count). The highest BCUT2D eigenvalue weighted by Crippen LogP contribution is 2.30. The molecule has 2 heterocycles. The summed E-state index contributed by atoms with van der Waals surface area (Å²) in [7, 11) is 0. The molecule has 0 unspecified atom stereocenters. The minimum atomic E-state index is -0.122. The Bertz CT molecular complexity index is 846. The van der Waals surface area contributed by atoms with Crippen molar-refractivity contribution in [3.63, 3.8) is 0 Å². The second-order valence-corrected chi connectivity index (χ2v) is 8.11. The molecule has 2 aromatic heterocycles. The molecule has 0 aliphatic rings. The van der Waals surface area contributed by atoms with Crippen molar-refractivity contribution in [3.8, 4) is 11.3 Å². The van der Waals surface area contributed by atoms with Gasteiger partial charge in [0.25, 0.3) is 5.91 Å². The van der Waals surface area contributed by atoms with Gasteiger partial charge in [-0.15, -0.1) is 16.4 Å². The van der Waals surface area contributed by atoms with Crippen LogP contribution in [0.4, 0.5) is 5.69 Å². The first-order valence-corrected chi connectivity index (χ1v) is 9.16. The molecule has 0 atom stereocenters. The first-order valence-electron chi connectivity index (χ1n) is 7.51. The molecule has 0 radical (unpaired) electrons. The number of nitrogens with zero attached hydrogens (tertiary/aromatic N) is 3. The predicted octanol–water partition coefficient (Wildman–Crippen LogP) is 4.52. The number of thiazole rings is 1. The molecule has 5 nitrogen and oxygen atoms in total. The Labute approximate surface area is 148 Å². The van der Waals surface area contributed by atoms with Crippen LogP contribution >= 0.6 is 22.9 Å². The van der Waals surface area contributed by atoms with Crippen molar-refractivity contribution in [2.75, 3.05) is 5.32 Å². The van der Waals surface area contributed by atoms with Gasteiger partial charge in [0.05, 0.1) is 10.7 Å². The summed E-state index contributed by atoms with van der Waals surface area (Å²) in [5.74, 6) is -0.122. The lowest BCUT2D eigenvalue weighted by Gasteiger charge is -2.13. The molecule has 0 aliphatic heterocycles. The van der Waals surface area contributed by atoms with E-state index in [9.17, 15) is 4.79 Å². The van der Waals surface area contributed by atoms with Gasteiger partial charge in [-0.3, -0.25) is 4.79 Å². The van der Waals surface area contributed by atoms with Crippen molar-refractivity contribution in [1.82, 2.24) is 14.6 Å². The molecule has 1 N–H and O–H groups in total. The number of nitrogens with one attached hydrogen (secondary N) is 1. The van der Waals surface area contributed by atoms with Crippen molar-refractivity contribution in [1.29, 1.82) is 0 Å². The van der Waals surface area contributed by atoms with Crippen LogP contribution in [0, 0.1) is 6.92 Å². The molecular weight excluding hydrogens is 340 g/mol. The van der Waals surface area contributed by atoms with Gasteiger partial charge in [0.2, 0.25) is 0 Å². The highest BCUT2D eigenvalue weighted by atomic mass is 32.1. The quantitative estimate of drug-likeness (QED) is 0.747. The number of aromatic nitrogens is 3. The summed E-state index contributed by atoms with van der Waals surface area (Å²) in [5.41, 5.74) is 3.28. The van der Waals surface area contributed by atoms with Crippen LogP contribution in [0.3, 0.4) is 0 Å². The van der Waals surface area contributed by atoms with Crippen LogP contribution in [0.5, 0.6) is 0 Å². The van der Waals surface area contributed by atoms with E-state index in [1.54, 1.807) is 0 Å². The van der Waals surface area contributed by atoms with Crippen LogP contribution in [-0.2, 0) is 5.41 Å². The number of rotatable bonds is 3. The monoisotopic (exact) mass is 358 g/mol. The summed E-state index contributed by atoms with van der Waals surface area (Å²) in [6.07, 6.45) is 0. The molecule has 24 heavy (non-hydrogen) atoms. The average Bonchev–Trinajstić information content (AvgIpc) is 3.16. The van der Waals surface area contributed by atoms with E-state index in [1.165, 1.54) is 22.9 Å². The lowest BCUT2D eigenvalue weighted by Crippen LogP contribution is -2.11. The first kappa shape index (κ1) is 16.7. The number of amides is 1. The lowest BCUT2D eigenvalue weighted by atomic mass is 9.98. The van der Waals surface area contributed by atoms with E-state index in [-0.39, 0.29) is 11.3 Å². The van der Waals surface area contributed by atoms with Crippen LogP contribution < -0.4 is 5.32 Å². The molecule has 124 valence electrons. The number of aryl methyl sites for hydroxylation is 1. The van der Waals surface area contributed by atoms with Crippen molar-refractivity contribution in [3.05, 3.63) is 45.2 Å². The molecule has 3 aromatic rings. The Morgan fingerprint density at radius 2 is 1.88 bits per heavy atom. The third kappa shape index (κ3) is 3.52. The van der Waals surface area contributed by atoms with E-state index in [4.69, 9.17) is 0 Å². The van der Waals surface area contributed by atoms with E-state index in [2.05, 4.69) is 40.7 Å². The fraction of sp³-hybridized carbons (Fsp3) is 0.294. The topological polar surface area (TPSA) is 67.8 Å². The predicted molar refractivity (Wildman–Crippen MR) is 98.8 cm³/mol. The molecule has 1 amide bonds. The summed E-state index contributed by atoms with van der Waals surface area (Å²) in [4.78, 5) is 17.7. The van der Waals surface area contributed by atoms with Gasteiger partial charge in [-0.25, -0.2) is 4.98 Å². The van der Waals surface area contributed by atoms with E-state index >= 15 is 0 Å². The van der Waals surface area contributed by atoms with Crippen LogP contribution in [-0.4, -0.2) is 20.5 Å². The zero-order valence-corrected chi connectivity index (χ0v) is 15.6. The zero-order chi connectivity index (χ0) is 17.3. The summed E-state index contributed by atoms with van der Waals surface area (Å²) >= 11 is 2.77. The van der Waals surface area contributed by atoms with Gasteiger partial charge in [-0.1, -0.05) is 37.4 Å². The normalized spacial score (nSPS) is 11.5. The fourth-order valence-electron chi connectivity index (χ4n) is 2.13. The average molecular weight is 358 g/mol. The van der Waals surface area contributed by atoms with Gasteiger partial charge in [0.15, 0.2) is 0 Å². The summed E-state index contributed by atoms with van der Waals surface area (Å²) in [6, 6.07) is 7.58. The minimum absolute atomic E-state index is 0.0584. The number of carbonyl (C=O) groups is 1. The molecular formula is C17H18N4OS2. The number of carbonyl (C=O) groups excluding carboxylic acids is 1. The summed E-state index contributed by atoms with van der Waals surface area (Å²) in [6.45, 7) is 8.16. The van der Waals surface area contributed by atoms with Crippen LogP contribution in [0.25, 0.3) is 11.3 Å². The lowest BCUT2D eigenvalue weighted by molar-refractivity contribution is 0.103. The van der Waals surface area contributed by atoms with Crippen molar-refractivity contribution < 1.29 is 4.79 Å². The van der Waals surface area contributed by atoms with Gasteiger partial charge < -0.3 is 5.32 Å². The largest absolute Gasteiger partial charge is 0.321 e. The fourth-order valence-corrected chi connectivity index (χ4v) is 3.61. The minimum Gasteiger partial charge on any atom is -0.321 e. The molecule has 1 aromatic carbocycles. The highest BCUT2D eigenvalue weighted by molar-refractivity contribution is 7.14. The van der Waals surface area contributed by atoms with Gasteiger partial charge >= 0.3 is 0 Å². The van der Waals surface area contributed by atoms with E-state index in [1.807, 2.05) is 36.6 Å². The van der Waals surface area contributed by atoms with Gasteiger partial charge in [0, 0.05) is 22.0 Å². The van der Waals surface area contributed by atoms with E-state index < -0.39 is 0 Å². The smallest absolute Gasteiger partial charge is 0.267 e. The Morgan fingerprint density at radius 3 is 2.42 bits per heavy atom. The SMILES string of the molecule is Cc1nc(C(C)(C)C)sc1C(=O)Nc1ccc(-c2csnn2)cc1. The van der Waals surface area contributed by atoms with E-state index in [0.29, 0.717) is 4.88 Å². The van der Waals surface area contributed by atoms with Gasteiger partial charge in [-0.05, 0) is 30.6 Å². The molecule has 0 bridgehead atoms. The maximum atomic E-state index is 12.5. The molecule has 0 aliphatic carbocycles. The Hall–Kier alpha value is -2.12. The van der Waals surface area contributed by atoms with Gasteiger partial charge in [0.1, 0.15) is 10.6 Å². The number of hydrogen-bond donors (Lipinski definition) is 1. The maximum absolute atomic E-state index is 12.5.